The number of fused-ring (bicyclic) bond motifs is 1. The van der Waals surface area contributed by atoms with E-state index < -0.39 is 20.7 Å². The highest BCUT2D eigenvalue weighted by Crippen LogP contribution is 2.28. The number of sulfone groups is 1. The number of anilines is 1. The quantitative estimate of drug-likeness (QED) is 0.304. The van der Waals surface area contributed by atoms with Crippen LogP contribution in [0, 0.1) is 24.0 Å². The van der Waals surface area contributed by atoms with Crippen molar-refractivity contribution in [1.29, 1.82) is 0 Å². The first-order valence-corrected chi connectivity index (χ1v) is 12.2. The van der Waals surface area contributed by atoms with Gasteiger partial charge in [-0.1, -0.05) is 54.1 Å². The molecule has 0 aliphatic carbocycles. The van der Waals surface area contributed by atoms with Gasteiger partial charge in [0.2, 0.25) is 5.91 Å². The Hall–Kier alpha value is -3.98. The van der Waals surface area contributed by atoms with Crippen molar-refractivity contribution in [2.75, 3.05) is 5.32 Å². The number of nitro benzene ring substituents is 1. The highest BCUT2D eigenvalue weighted by molar-refractivity contribution is 7.90. The second-order valence-corrected chi connectivity index (χ2v) is 10.1. The van der Waals surface area contributed by atoms with E-state index in [1.807, 2.05) is 19.1 Å². The van der Waals surface area contributed by atoms with Crippen molar-refractivity contribution in [3.8, 4) is 0 Å². The zero-order valence-corrected chi connectivity index (χ0v) is 19.5. The number of nitro groups is 1. The van der Waals surface area contributed by atoms with Gasteiger partial charge in [-0.15, -0.1) is 0 Å². The van der Waals surface area contributed by atoms with Crippen molar-refractivity contribution in [2.45, 2.75) is 31.0 Å². The molecule has 1 N–H and O–H groups in total. The van der Waals surface area contributed by atoms with Crippen LogP contribution in [0.2, 0.25) is 0 Å². The van der Waals surface area contributed by atoms with Crippen LogP contribution in [0.5, 0.6) is 0 Å². The van der Waals surface area contributed by atoms with Crippen LogP contribution in [0.4, 0.5) is 11.4 Å². The number of hydrogen-bond acceptors (Lipinski definition) is 5. The second-order valence-electron chi connectivity index (χ2n) is 8.19. The second kappa shape index (κ2) is 9.11. The minimum absolute atomic E-state index is 0.128. The maximum atomic E-state index is 13.3. The molecule has 1 aromatic heterocycles. The SMILES string of the molecule is Cc1ccc(CS(=O)(=O)c2cn(CC(=O)Nc3cc([N+](=O)[O-])ccc3C)c3ccccc23)cc1. The monoisotopic (exact) mass is 477 g/mol. The number of carbonyl (C=O) groups excluding carboxylic acids is 1. The molecule has 0 atom stereocenters. The van der Waals surface area contributed by atoms with Gasteiger partial charge >= 0.3 is 0 Å². The van der Waals surface area contributed by atoms with Gasteiger partial charge in [0.15, 0.2) is 9.84 Å². The molecule has 0 spiro atoms. The molecule has 0 bridgehead atoms. The molecule has 0 unspecified atom stereocenters. The molecule has 0 saturated carbocycles. The van der Waals surface area contributed by atoms with Crippen molar-refractivity contribution in [1.82, 2.24) is 4.57 Å². The zero-order chi connectivity index (χ0) is 24.5. The summed E-state index contributed by atoms with van der Waals surface area (Å²) >= 11 is 0. The number of nitrogens with zero attached hydrogens (tertiary/aromatic N) is 2. The molecule has 0 radical (unpaired) electrons. The molecule has 3 aromatic carbocycles. The predicted molar refractivity (Wildman–Crippen MR) is 130 cm³/mol. The van der Waals surface area contributed by atoms with Crippen LogP contribution in [0.15, 0.2) is 77.8 Å². The standard InChI is InChI=1S/C25H23N3O5S/c1-17-7-10-19(11-8-17)16-34(32,33)24-14-27(23-6-4-3-5-21(23)24)15-25(29)26-22-13-20(28(30)31)12-9-18(22)2/h3-14H,15-16H2,1-2H3,(H,26,29). The summed E-state index contributed by atoms with van der Waals surface area (Å²) in [6.07, 6.45) is 1.48. The number of amides is 1. The average molecular weight is 478 g/mol. The largest absolute Gasteiger partial charge is 0.337 e. The summed E-state index contributed by atoms with van der Waals surface area (Å²) < 4.78 is 28.1. The molecule has 9 heteroatoms. The van der Waals surface area contributed by atoms with Gasteiger partial charge in [0, 0.05) is 29.2 Å². The van der Waals surface area contributed by atoms with Crippen molar-refractivity contribution >= 4 is 38.0 Å². The molecular weight excluding hydrogens is 454 g/mol. The summed E-state index contributed by atoms with van der Waals surface area (Å²) in [5.74, 6) is -0.577. The highest BCUT2D eigenvalue weighted by atomic mass is 32.2. The molecule has 174 valence electrons. The van der Waals surface area contributed by atoms with Crippen LogP contribution in [-0.4, -0.2) is 23.8 Å². The number of rotatable bonds is 7. The number of hydrogen-bond donors (Lipinski definition) is 1. The third kappa shape index (κ3) is 4.84. The highest BCUT2D eigenvalue weighted by Gasteiger charge is 2.22. The third-order valence-corrected chi connectivity index (χ3v) is 7.29. The van der Waals surface area contributed by atoms with E-state index in [2.05, 4.69) is 5.32 Å². The van der Waals surface area contributed by atoms with E-state index in [9.17, 15) is 23.3 Å². The lowest BCUT2D eigenvalue weighted by Crippen LogP contribution is -2.19. The van der Waals surface area contributed by atoms with Gasteiger partial charge in [0.1, 0.15) is 6.54 Å². The normalized spacial score (nSPS) is 11.5. The fraction of sp³-hybridized carbons (Fsp3) is 0.160. The number of nitrogens with one attached hydrogen (secondary N) is 1. The first-order chi connectivity index (χ1) is 16.1. The van der Waals surface area contributed by atoms with E-state index in [4.69, 9.17) is 0 Å². The Balaban J connectivity index is 1.63. The minimum atomic E-state index is -3.68. The Labute approximate surface area is 196 Å². The lowest BCUT2D eigenvalue weighted by Gasteiger charge is -2.09. The van der Waals surface area contributed by atoms with E-state index in [1.165, 1.54) is 18.3 Å². The number of carbonyl (C=O) groups is 1. The van der Waals surface area contributed by atoms with Crippen molar-refractivity contribution in [2.24, 2.45) is 0 Å². The topological polar surface area (TPSA) is 111 Å². The lowest BCUT2D eigenvalue weighted by molar-refractivity contribution is -0.384. The zero-order valence-electron chi connectivity index (χ0n) is 18.7. The van der Waals surface area contributed by atoms with Crippen LogP contribution in [0.25, 0.3) is 10.9 Å². The van der Waals surface area contributed by atoms with E-state index in [0.717, 1.165) is 5.56 Å². The van der Waals surface area contributed by atoms with Gasteiger partial charge < -0.3 is 9.88 Å². The summed E-state index contributed by atoms with van der Waals surface area (Å²) in [6.45, 7) is 3.52. The summed E-state index contributed by atoms with van der Waals surface area (Å²) in [6, 6.07) is 18.6. The summed E-state index contributed by atoms with van der Waals surface area (Å²) in [4.78, 5) is 23.5. The molecule has 34 heavy (non-hydrogen) atoms. The number of aryl methyl sites for hydroxylation is 2. The van der Waals surface area contributed by atoms with Gasteiger partial charge in [-0.3, -0.25) is 14.9 Å². The first kappa shape index (κ1) is 23.2. The van der Waals surface area contributed by atoms with Gasteiger partial charge in [0.05, 0.1) is 21.3 Å². The molecule has 0 fully saturated rings. The first-order valence-electron chi connectivity index (χ1n) is 10.5. The fourth-order valence-electron chi connectivity index (χ4n) is 3.78. The minimum Gasteiger partial charge on any atom is -0.337 e. The fourth-order valence-corrected chi connectivity index (χ4v) is 5.36. The molecule has 0 aliphatic heterocycles. The van der Waals surface area contributed by atoms with Crippen LogP contribution in [0.3, 0.4) is 0 Å². The smallest absolute Gasteiger partial charge is 0.271 e. The number of benzene rings is 3. The average Bonchev–Trinajstić information content (AvgIpc) is 3.16. The summed E-state index contributed by atoms with van der Waals surface area (Å²) in [7, 11) is -3.68. The van der Waals surface area contributed by atoms with Gasteiger partial charge in [0.25, 0.3) is 5.69 Å². The van der Waals surface area contributed by atoms with E-state index in [-0.39, 0.29) is 22.9 Å². The number of non-ortho nitro benzene ring substituents is 1. The van der Waals surface area contributed by atoms with Crippen LogP contribution < -0.4 is 5.32 Å². The number of aromatic nitrogens is 1. The predicted octanol–water partition coefficient (Wildman–Crippen LogP) is 4.78. The van der Waals surface area contributed by atoms with Crippen molar-refractivity contribution < 1.29 is 18.1 Å². The molecule has 4 rings (SSSR count). The third-order valence-electron chi connectivity index (χ3n) is 5.58. The molecule has 0 saturated heterocycles. The Morgan fingerprint density at radius 1 is 1.03 bits per heavy atom. The Morgan fingerprint density at radius 2 is 1.74 bits per heavy atom. The van der Waals surface area contributed by atoms with Gasteiger partial charge in [-0.05, 0) is 31.0 Å². The molecular formula is C25H23N3O5S. The van der Waals surface area contributed by atoms with E-state index >= 15 is 0 Å². The molecule has 4 aromatic rings. The lowest BCUT2D eigenvalue weighted by atomic mass is 10.2. The Kier molecular flexibility index (Phi) is 6.21. The molecule has 0 aliphatic rings. The van der Waals surface area contributed by atoms with Gasteiger partial charge in [-0.2, -0.15) is 0 Å². The summed E-state index contributed by atoms with van der Waals surface area (Å²) in [5.41, 5.74) is 3.22. The molecule has 1 amide bonds. The van der Waals surface area contributed by atoms with Gasteiger partial charge in [-0.25, -0.2) is 8.42 Å². The Bertz CT molecular complexity index is 1510. The van der Waals surface area contributed by atoms with Crippen molar-refractivity contribution in [3.05, 3.63) is 99.7 Å². The Morgan fingerprint density at radius 3 is 2.44 bits per heavy atom. The van der Waals surface area contributed by atoms with E-state index in [1.54, 1.807) is 54.0 Å². The summed E-state index contributed by atoms with van der Waals surface area (Å²) in [5, 5.41) is 14.3. The van der Waals surface area contributed by atoms with Crippen LogP contribution in [0.1, 0.15) is 16.7 Å². The maximum absolute atomic E-state index is 13.3. The van der Waals surface area contributed by atoms with E-state index in [0.29, 0.717) is 27.7 Å². The van der Waals surface area contributed by atoms with Crippen LogP contribution in [-0.2, 0) is 26.9 Å². The molecule has 1 heterocycles. The molecule has 8 nitrogen and oxygen atoms in total. The maximum Gasteiger partial charge on any atom is 0.271 e. The van der Waals surface area contributed by atoms with Crippen molar-refractivity contribution in [3.63, 3.8) is 0 Å². The van der Waals surface area contributed by atoms with Crippen LogP contribution >= 0.6 is 0 Å². The number of para-hydroxylation sites is 1.